The number of nitrogens with zero attached hydrogens (tertiary/aromatic N) is 6. The lowest BCUT2D eigenvalue weighted by Crippen LogP contribution is -2.49. The molecule has 1 aromatic rings. The largest absolute Gasteiger partial charge is 0.481 e. The molecule has 1 fully saturated rings. The van der Waals surface area contributed by atoms with Gasteiger partial charge in [-0.25, -0.2) is 0 Å². The molecule has 1 aromatic carbocycles. The number of carbonyl (C=O) groups is 3. The first-order valence-electron chi connectivity index (χ1n) is 9.13. The molecule has 1 aliphatic heterocycles. The van der Waals surface area contributed by atoms with Crippen LogP contribution in [0.4, 0.5) is 17.1 Å². The van der Waals surface area contributed by atoms with Crippen LogP contribution in [0.5, 0.6) is 0 Å². The van der Waals surface area contributed by atoms with Gasteiger partial charge < -0.3 is 5.11 Å². The van der Waals surface area contributed by atoms with Gasteiger partial charge in [0.05, 0.1) is 11.3 Å². The molecule has 2 amide bonds. The summed E-state index contributed by atoms with van der Waals surface area (Å²) in [7, 11) is -4.91. The van der Waals surface area contributed by atoms with Gasteiger partial charge in [0.25, 0.3) is 21.7 Å². The number of nitro benzene ring substituents is 1. The number of amides is 2. The number of benzene rings is 1. The summed E-state index contributed by atoms with van der Waals surface area (Å²) in [5.41, 5.74) is 7.54. The summed E-state index contributed by atoms with van der Waals surface area (Å²) < 4.78 is 32.2. The molecule has 1 saturated heterocycles. The van der Waals surface area contributed by atoms with Crippen LogP contribution in [0.1, 0.15) is 32.1 Å². The number of nitro groups is 1. The molecule has 1 heterocycles. The van der Waals surface area contributed by atoms with Gasteiger partial charge in [-0.05, 0) is 24.4 Å². The van der Waals surface area contributed by atoms with Crippen LogP contribution in [0, 0.1) is 10.1 Å². The van der Waals surface area contributed by atoms with Gasteiger partial charge in [0.1, 0.15) is 5.69 Å². The van der Waals surface area contributed by atoms with Crippen molar-refractivity contribution < 1.29 is 37.4 Å². The van der Waals surface area contributed by atoms with Crippen molar-refractivity contribution in [3.63, 3.8) is 0 Å². The van der Waals surface area contributed by atoms with Crippen molar-refractivity contribution in [2.75, 3.05) is 11.6 Å². The van der Waals surface area contributed by atoms with Gasteiger partial charge in [0.2, 0.25) is 5.91 Å². The van der Waals surface area contributed by atoms with Crippen molar-refractivity contribution in [2.24, 2.45) is 5.11 Å². The van der Waals surface area contributed by atoms with Gasteiger partial charge in [-0.15, -0.1) is 0 Å². The van der Waals surface area contributed by atoms with Crippen LogP contribution in [0.25, 0.3) is 10.4 Å². The van der Waals surface area contributed by atoms with E-state index in [9.17, 15) is 37.5 Å². The van der Waals surface area contributed by atoms with Crippen LogP contribution < -0.4 is 5.01 Å². The van der Waals surface area contributed by atoms with E-state index in [1.165, 1.54) is 6.07 Å². The van der Waals surface area contributed by atoms with Crippen LogP contribution in [-0.2, 0) is 24.5 Å². The second-order valence-electron chi connectivity index (χ2n) is 6.70. The summed E-state index contributed by atoms with van der Waals surface area (Å²) in [6, 6.07) is 3.24. The third kappa shape index (κ3) is 5.69. The number of aliphatic carboxylic acids is 1. The standard InChI is InChI=1S/C16H18N6O9S/c17-19-18-10-5-6-11(12(8-10)22(27)28)20(7-3-1-2-4-15(24)25)21-14(23)9-13(16(21)26)32(29,30)31/h5-6,8,13H,1-4,7,9H2,(H,24,25)(H,29,30,31). The van der Waals surface area contributed by atoms with Gasteiger partial charge >= 0.3 is 5.97 Å². The fraction of sp³-hybridized carbons (Fsp3) is 0.438. The lowest BCUT2D eigenvalue weighted by Gasteiger charge is -2.31. The lowest BCUT2D eigenvalue weighted by molar-refractivity contribution is -0.384. The first-order valence-corrected chi connectivity index (χ1v) is 10.6. The summed E-state index contributed by atoms with van der Waals surface area (Å²) in [4.78, 5) is 49.0. The highest BCUT2D eigenvalue weighted by molar-refractivity contribution is 7.87. The van der Waals surface area contributed by atoms with Gasteiger partial charge in [-0.1, -0.05) is 17.6 Å². The number of anilines is 1. The van der Waals surface area contributed by atoms with Crippen molar-refractivity contribution in [1.82, 2.24) is 5.01 Å². The number of hydrogen-bond donors (Lipinski definition) is 2. The molecular weight excluding hydrogens is 452 g/mol. The van der Waals surface area contributed by atoms with Gasteiger partial charge in [-0.3, -0.25) is 34.1 Å². The van der Waals surface area contributed by atoms with E-state index in [-0.39, 0.29) is 37.2 Å². The Hall–Kier alpha value is -3.75. The van der Waals surface area contributed by atoms with Crippen molar-refractivity contribution in [3.8, 4) is 0 Å². The summed E-state index contributed by atoms with van der Waals surface area (Å²) >= 11 is 0. The van der Waals surface area contributed by atoms with Gasteiger partial charge in [0, 0.05) is 29.6 Å². The number of carboxylic acids is 1. The average Bonchev–Trinajstić information content (AvgIpc) is 2.99. The molecule has 0 aliphatic carbocycles. The molecule has 2 N–H and O–H groups in total. The summed E-state index contributed by atoms with van der Waals surface area (Å²) in [5, 5.41) is 22.9. The molecule has 0 bridgehead atoms. The zero-order valence-electron chi connectivity index (χ0n) is 16.4. The Bertz CT molecular complexity index is 1100. The number of rotatable bonds is 11. The molecule has 0 radical (unpaired) electrons. The molecule has 16 heteroatoms. The van der Waals surface area contributed by atoms with Gasteiger partial charge in [-0.2, -0.15) is 13.4 Å². The maximum absolute atomic E-state index is 12.6. The van der Waals surface area contributed by atoms with Gasteiger partial charge in [0.15, 0.2) is 5.25 Å². The van der Waals surface area contributed by atoms with Crippen molar-refractivity contribution >= 4 is 45.0 Å². The second kappa shape index (κ2) is 10.0. The Morgan fingerprint density at radius 2 is 2.03 bits per heavy atom. The maximum Gasteiger partial charge on any atom is 0.303 e. The Balaban J connectivity index is 2.47. The number of unbranched alkanes of at least 4 members (excludes halogenated alkanes) is 2. The minimum absolute atomic E-state index is 0.112. The molecule has 15 nitrogen and oxygen atoms in total. The fourth-order valence-corrected chi connectivity index (χ4v) is 3.82. The number of azide groups is 1. The van der Waals surface area contributed by atoms with Crippen LogP contribution in [0.2, 0.25) is 0 Å². The van der Waals surface area contributed by atoms with E-state index >= 15 is 0 Å². The van der Waals surface area contributed by atoms with Crippen LogP contribution in [0.15, 0.2) is 23.3 Å². The van der Waals surface area contributed by atoms with E-state index in [0.29, 0.717) is 11.4 Å². The van der Waals surface area contributed by atoms with Crippen molar-refractivity contribution in [2.45, 2.75) is 37.4 Å². The topological polar surface area (TPSA) is 224 Å². The Morgan fingerprint density at radius 1 is 1.34 bits per heavy atom. The Kier molecular flexibility index (Phi) is 7.69. The summed E-state index contributed by atoms with van der Waals surface area (Å²) in [5.74, 6) is -3.31. The molecule has 0 aromatic heterocycles. The highest BCUT2D eigenvalue weighted by Crippen LogP contribution is 2.35. The molecular formula is C16H18N6O9S. The van der Waals surface area contributed by atoms with E-state index in [2.05, 4.69) is 10.0 Å². The third-order valence-corrected chi connectivity index (χ3v) is 5.62. The smallest absolute Gasteiger partial charge is 0.303 e. The highest BCUT2D eigenvalue weighted by Gasteiger charge is 2.49. The van der Waals surface area contributed by atoms with Crippen molar-refractivity contribution in [3.05, 3.63) is 38.8 Å². The minimum Gasteiger partial charge on any atom is -0.481 e. The molecule has 172 valence electrons. The number of hydrogen-bond acceptors (Lipinski definition) is 9. The maximum atomic E-state index is 12.6. The second-order valence-corrected chi connectivity index (χ2v) is 8.30. The summed E-state index contributed by atoms with van der Waals surface area (Å²) in [6.45, 7) is -0.184. The van der Waals surface area contributed by atoms with E-state index in [4.69, 9.17) is 10.6 Å². The fourth-order valence-electron chi connectivity index (χ4n) is 3.11. The monoisotopic (exact) mass is 470 g/mol. The van der Waals surface area contributed by atoms with E-state index in [1.807, 2.05) is 0 Å². The van der Waals surface area contributed by atoms with E-state index in [0.717, 1.165) is 17.1 Å². The normalized spacial score (nSPS) is 16.0. The van der Waals surface area contributed by atoms with Crippen LogP contribution in [0.3, 0.4) is 0 Å². The Labute approximate surface area is 180 Å². The molecule has 0 saturated carbocycles. The first kappa shape index (κ1) is 24.5. The molecule has 32 heavy (non-hydrogen) atoms. The van der Waals surface area contributed by atoms with E-state index in [1.54, 1.807) is 0 Å². The van der Waals surface area contributed by atoms with Crippen LogP contribution >= 0.6 is 0 Å². The number of hydrazine groups is 1. The SMILES string of the molecule is [N-]=[N+]=Nc1ccc(N(CCCCCC(=O)O)N2C(=O)CC(S(=O)(=O)O)C2=O)c([N+](=O)[O-])c1. The molecule has 1 atom stereocenters. The van der Waals surface area contributed by atoms with E-state index < -0.39 is 50.2 Å². The molecule has 1 unspecified atom stereocenters. The molecule has 2 rings (SSSR count). The van der Waals surface area contributed by atoms with Crippen molar-refractivity contribution in [1.29, 1.82) is 0 Å². The number of carbonyl (C=O) groups excluding carboxylic acids is 2. The predicted molar refractivity (Wildman–Crippen MR) is 107 cm³/mol. The third-order valence-electron chi connectivity index (χ3n) is 4.54. The zero-order valence-corrected chi connectivity index (χ0v) is 17.2. The summed E-state index contributed by atoms with van der Waals surface area (Å²) in [6.07, 6.45) is -0.205. The lowest BCUT2D eigenvalue weighted by atomic mass is 10.2. The number of carboxylic acid groups (broad SMARTS) is 1. The zero-order chi connectivity index (χ0) is 24.1. The Morgan fingerprint density at radius 3 is 2.56 bits per heavy atom. The average molecular weight is 470 g/mol. The molecule has 1 aliphatic rings. The number of imide groups is 1. The van der Waals surface area contributed by atoms with Crippen LogP contribution in [-0.4, -0.2) is 57.6 Å². The minimum atomic E-state index is -4.91. The molecule has 0 spiro atoms. The predicted octanol–water partition coefficient (Wildman–Crippen LogP) is 1.92. The first-order chi connectivity index (χ1) is 15.0. The quantitative estimate of drug-likeness (QED) is 0.0698. The highest BCUT2D eigenvalue weighted by atomic mass is 32.2.